The maximum atomic E-state index is 12.4. The highest BCUT2D eigenvalue weighted by molar-refractivity contribution is 5.96. The van der Waals surface area contributed by atoms with Crippen LogP contribution < -0.4 is 10.6 Å². The van der Waals surface area contributed by atoms with Gasteiger partial charge in [-0.05, 0) is 33.6 Å². The molecule has 1 heterocycles. The fourth-order valence-electron chi connectivity index (χ4n) is 1.77. The van der Waals surface area contributed by atoms with Gasteiger partial charge in [-0.2, -0.15) is 0 Å². The van der Waals surface area contributed by atoms with Gasteiger partial charge in [0.15, 0.2) is 5.82 Å². The van der Waals surface area contributed by atoms with Crippen molar-refractivity contribution >= 4 is 17.8 Å². The molecule has 1 aromatic heterocycles. The molecule has 1 rings (SSSR count). The summed E-state index contributed by atoms with van der Waals surface area (Å²) in [7, 11) is 0. The van der Waals surface area contributed by atoms with E-state index < -0.39 is 17.7 Å². The predicted molar refractivity (Wildman–Crippen MR) is 82.5 cm³/mol. The Morgan fingerprint density at radius 1 is 1.41 bits per heavy atom. The van der Waals surface area contributed by atoms with Gasteiger partial charge in [0.1, 0.15) is 17.4 Å². The first-order chi connectivity index (χ1) is 10.1. The van der Waals surface area contributed by atoms with E-state index in [0.29, 0.717) is 11.6 Å². The van der Waals surface area contributed by atoms with Crippen molar-refractivity contribution in [3.8, 4) is 0 Å². The van der Waals surface area contributed by atoms with Gasteiger partial charge in [-0.15, -0.1) is 0 Å². The van der Waals surface area contributed by atoms with Crippen molar-refractivity contribution in [2.45, 2.75) is 59.6 Å². The molecule has 0 saturated carbocycles. The summed E-state index contributed by atoms with van der Waals surface area (Å²) in [5, 5.41) is 8.96. The molecule has 124 valence electrons. The number of aromatic nitrogens is 1. The summed E-state index contributed by atoms with van der Waals surface area (Å²) in [6, 6.07) is 0.899. The summed E-state index contributed by atoms with van der Waals surface area (Å²) in [4.78, 5) is 24.3. The zero-order valence-electron chi connectivity index (χ0n) is 14.0. The Morgan fingerprint density at radius 3 is 2.50 bits per heavy atom. The predicted octanol–water partition coefficient (Wildman–Crippen LogP) is 2.86. The lowest BCUT2D eigenvalue weighted by molar-refractivity contribution is -0.119. The van der Waals surface area contributed by atoms with Crippen molar-refractivity contribution in [1.82, 2.24) is 10.5 Å². The van der Waals surface area contributed by atoms with Crippen LogP contribution in [0.2, 0.25) is 0 Å². The smallest absolute Gasteiger partial charge is 0.408 e. The van der Waals surface area contributed by atoms with E-state index in [1.54, 1.807) is 33.8 Å². The van der Waals surface area contributed by atoms with Crippen LogP contribution in [0.3, 0.4) is 0 Å². The molecule has 0 radical (unpaired) electrons. The minimum Gasteiger partial charge on any atom is -0.444 e. The molecule has 1 aromatic rings. The van der Waals surface area contributed by atoms with Crippen molar-refractivity contribution in [3.05, 3.63) is 11.8 Å². The van der Waals surface area contributed by atoms with E-state index in [0.717, 1.165) is 6.42 Å². The number of hydrogen-bond acceptors (Lipinski definition) is 5. The first-order valence-electron chi connectivity index (χ1n) is 7.36. The summed E-state index contributed by atoms with van der Waals surface area (Å²) < 4.78 is 10.1. The molecule has 0 spiro atoms. The Bertz CT molecular complexity index is 519. The van der Waals surface area contributed by atoms with Crippen LogP contribution in [0.4, 0.5) is 10.6 Å². The summed E-state index contributed by atoms with van der Waals surface area (Å²) in [5.74, 6) is 0.506. The normalized spacial score (nSPS) is 14.1. The molecule has 2 atom stereocenters. The molecule has 0 aromatic carbocycles. The Balaban J connectivity index is 2.75. The van der Waals surface area contributed by atoms with Gasteiger partial charge in [0, 0.05) is 6.07 Å². The topological polar surface area (TPSA) is 93.5 Å². The van der Waals surface area contributed by atoms with Gasteiger partial charge < -0.3 is 19.9 Å². The van der Waals surface area contributed by atoms with Gasteiger partial charge in [0.25, 0.3) is 0 Å². The zero-order valence-corrected chi connectivity index (χ0v) is 14.0. The highest BCUT2D eigenvalue weighted by Crippen LogP contribution is 2.14. The molecule has 2 unspecified atom stereocenters. The number of ether oxygens (including phenoxy) is 1. The van der Waals surface area contributed by atoms with Crippen molar-refractivity contribution in [2.24, 2.45) is 5.92 Å². The summed E-state index contributed by atoms with van der Waals surface area (Å²) in [6.07, 6.45) is 0.107. The average molecular weight is 311 g/mol. The number of carbonyl (C=O) groups excluding carboxylic acids is 2. The van der Waals surface area contributed by atoms with E-state index >= 15 is 0 Å². The van der Waals surface area contributed by atoms with Crippen molar-refractivity contribution < 1.29 is 18.8 Å². The van der Waals surface area contributed by atoms with Gasteiger partial charge in [0.05, 0.1) is 0 Å². The largest absolute Gasteiger partial charge is 0.444 e. The minimum atomic E-state index is -0.711. The molecule has 22 heavy (non-hydrogen) atoms. The third kappa shape index (κ3) is 5.75. The molecule has 0 aliphatic heterocycles. The fraction of sp³-hybridized carbons (Fsp3) is 0.667. The molecule has 0 saturated heterocycles. The number of amides is 2. The lowest BCUT2D eigenvalue weighted by Crippen LogP contribution is -2.49. The maximum absolute atomic E-state index is 12.4. The number of alkyl carbamates (subject to hydrolysis) is 1. The Hall–Kier alpha value is -2.05. The highest BCUT2D eigenvalue weighted by atomic mass is 16.6. The molecule has 2 amide bonds. The molecular formula is C15H25N3O4. The van der Waals surface area contributed by atoms with Gasteiger partial charge in [0.2, 0.25) is 5.91 Å². The van der Waals surface area contributed by atoms with E-state index in [9.17, 15) is 9.59 Å². The lowest BCUT2D eigenvalue weighted by atomic mass is 9.98. The van der Waals surface area contributed by atoms with E-state index in [4.69, 9.17) is 9.26 Å². The third-order valence-electron chi connectivity index (χ3n) is 3.05. The molecule has 7 nitrogen and oxygen atoms in total. The number of carbonyl (C=O) groups is 2. The molecule has 0 fully saturated rings. The molecule has 0 aliphatic carbocycles. The Kier molecular flexibility index (Phi) is 5.96. The van der Waals surface area contributed by atoms with Crippen LogP contribution >= 0.6 is 0 Å². The van der Waals surface area contributed by atoms with Crippen LogP contribution in [0, 0.1) is 12.8 Å². The molecular weight excluding hydrogens is 286 g/mol. The van der Waals surface area contributed by atoms with E-state index in [1.807, 2.05) is 13.8 Å². The first kappa shape index (κ1) is 18.0. The van der Waals surface area contributed by atoms with E-state index in [1.165, 1.54) is 0 Å². The standard InChI is InChI=1S/C15H25N3O4/c1-7-9(2)12(17-14(20)21-15(4,5)6)13(19)16-11-8-10(3)22-18-11/h8-9,12H,7H2,1-6H3,(H,17,20)(H,16,18,19). The van der Waals surface area contributed by atoms with E-state index in [-0.39, 0.29) is 11.8 Å². The van der Waals surface area contributed by atoms with Crippen LogP contribution in [0.1, 0.15) is 46.8 Å². The number of rotatable bonds is 5. The second-order valence-electron chi connectivity index (χ2n) is 6.32. The van der Waals surface area contributed by atoms with Gasteiger partial charge >= 0.3 is 6.09 Å². The first-order valence-corrected chi connectivity index (χ1v) is 7.36. The van der Waals surface area contributed by atoms with E-state index in [2.05, 4.69) is 15.8 Å². The van der Waals surface area contributed by atoms with Crippen molar-refractivity contribution in [3.63, 3.8) is 0 Å². The fourth-order valence-corrected chi connectivity index (χ4v) is 1.77. The molecule has 7 heteroatoms. The molecule has 2 N–H and O–H groups in total. The third-order valence-corrected chi connectivity index (χ3v) is 3.05. The highest BCUT2D eigenvalue weighted by Gasteiger charge is 2.28. The number of nitrogens with one attached hydrogen (secondary N) is 2. The Labute approximate surface area is 130 Å². The number of aryl methyl sites for hydroxylation is 1. The molecule has 0 aliphatic rings. The number of anilines is 1. The summed E-state index contributed by atoms with van der Waals surface area (Å²) in [6.45, 7) is 10.9. The quantitative estimate of drug-likeness (QED) is 0.872. The van der Waals surface area contributed by atoms with Crippen LogP contribution in [-0.2, 0) is 9.53 Å². The average Bonchev–Trinajstić information content (AvgIpc) is 2.78. The lowest BCUT2D eigenvalue weighted by Gasteiger charge is -2.25. The minimum absolute atomic E-state index is 0.0551. The second kappa shape index (κ2) is 7.29. The van der Waals surface area contributed by atoms with Gasteiger partial charge in [-0.1, -0.05) is 25.4 Å². The SMILES string of the molecule is CCC(C)C(NC(=O)OC(C)(C)C)C(=O)Nc1cc(C)on1. The maximum Gasteiger partial charge on any atom is 0.408 e. The van der Waals surface area contributed by atoms with Crippen molar-refractivity contribution in [2.75, 3.05) is 5.32 Å². The number of hydrogen-bond donors (Lipinski definition) is 2. The number of nitrogens with zero attached hydrogens (tertiary/aromatic N) is 1. The zero-order chi connectivity index (χ0) is 16.9. The van der Waals surface area contributed by atoms with Crippen LogP contribution in [0.15, 0.2) is 10.6 Å². The summed E-state index contributed by atoms with van der Waals surface area (Å²) in [5.41, 5.74) is -0.621. The monoisotopic (exact) mass is 311 g/mol. The van der Waals surface area contributed by atoms with Crippen LogP contribution in [0.25, 0.3) is 0 Å². The summed E-state index contributed by atoms with van der Waals surface area (Å²) >= 11 is 0. The van der Waals surface area contributed by atoms with Crippen LogP contribution in [0.5, 0.6) is 0 Å². The Morgan fingerprint density at radius 2 is 2.05 bits per heavy atom. The van der Waals surface area contributed by atoms with Gasteiger partial charge in [-0.25, -0.2) is 4.79 Å². The second-order valence-corrected chi connectivity index (χ2v) is 6.32. The molecule has 0 bridgehead atoms. The van der Waals surface area contributed by atoms with Gasteiger partial charge in [-0.3, -0.25) is 4.79 Å². The van der Waals surface area contributed by atoms with Crippen LogP contribution in [-0.4, -0.2) is 28.8 Å². The van der Waals surface area contributed by atoms with Crippen molar-refractivity contribution in [1.29, 1.82) is 0 Å².